The predicted molar refractivity (Wildman–Crippen MR) is 126 cm³/mol. The Morgan fingerprint density at radius 2 is 1.45 bits per heavy atom. The molecule has 33 heavy (non-hydrogen) atoms. The number of amides is 4. The number of carbonyl (C=O) groups is 3. The zero-order valence-electron chi connectivity index (χ0n) is 18.0. The quantitative estimate of drug-likeness (QED) is 0.595. The second-order valence-corrected chi connectivity index (χ2v) is 9.12. The van der Waals surface area contributed by atoms with Crippen molar-refractivity contribution in [3.63, 3.8) is 0 Å². The highest BCUT2D eigenvalue weighted by Gasteiger charge is 2.54. The molecule has 0 saturated carbocycles. The normalized spacial score (nSPS) is 18.4. The van der Waals surface area contributed by atoms with Crippen LogP contribution in [-0.2, 0) is 10.3 Å². The van der Waals surface area contributed by atoms with Crippen LogP contribution in [-0.4, -0.2) is 65.4 Å². The Labute approximate surface area is 196 Å². The molecule has 1 N–H and O–H groups in total. The van der Waals surface area contributed by atoms with E-state index in [1.54, 1.807) is 0 Å². The summed E-state index contributed by atoms with van der Waals surface area (Å²) in [5.74, 6) is -0.256. The number of hydrogen-bond donors (Lipinski definition) is 1. The van der Waals surface area contributed by atoms with E-state index in [0.29, 0.717) is 26.2 Å². The zero-order chi connectivity index (χ0) is 22.8. The molecule has 3 aromatic rings. The first kappa shape index (κ1) is 21.4. The maximum absolute atomic E-state index is 13.8. The van der Waals surface area contributed by atoms with Gasteiger partial charge in [0, 0.05) is 26.2 Å². The summed E-state index contributed by atoms with van der Waals surface area (Å²) >= 11 is 1.44. The molecule has 2 aliphatic heterocycles. The number of urea groups is 1. The monoisotopic (exact) mass is 460 g/mol. The molecule has 3 heterocycles. The fraction of sp³-hybridized carbons (Fsp3) is 0.240. The van der Waals surface area contributed by atoms with E-state index in [0.717, 1.165) is 16.0 Å². The van der Waals surface area contributed by atoms with Crippen LogP contribution in [0.1, 0.15) is 20.8 Å². The molecule has 2 aromatic carbocycles. The molecular weight excluding hydrogens is 436 g/mol. The minimum atomic E-state index is -1.25. The average molecular weight is 461 g/mol. The summed E-state index contributed by atoms with van der Waals surface area (Å²) < 4.78 is 0. The summed E-state index contributed by atoms with van der Waals surface area (Å²) in [6, 6.07) is 22.0. The lowest BCUT2D eigenvalue weighted by Gasteiger charge is -2.36. The van der Waals surface area contributed by atoms with E-state index in [4.69, 9.17) is 0 Å². The predicted octanol–water partition coefficient (Wildman–Crippen LogP) is 2.96. The standard InChI is InChI=1S/C25H24N4O3S/c30-22(21-12-7-17-33-21)28-15-13-27(14-16-28)18-29-23(31)25(26-24(29)32,19-8-3-1-4-9-19)20-10-5-2-6-11-20/h1-12,17H,13-16,18H2,(H,26,32). The highest BCUT2D eigenvalue weighted by molar-refractivity contribution is 7.12. The smallest absolute Gasteiger partial charge is 0.326 e. The molecule has 0 spiro atoms. The number of nitrogens with zero attached hydrogens (tertiary/aromatic N) is 3. The minimum absolute atomic E-state index is 0.0341. The molecule has 0 unspecified atom stereocenters. The summed E-state index contributed by atoms with van der Waals surface area (Å²) in [5, 5.41) is 4.88. The van der Waals surface area contributed by atoms with Crippen LogP contribution in [0.2, 0.25) is 0 Å². The third kappa shape index (κ3) is 3.81. The Balaban J connectivity index is 1.34. The lowest BCUT2D eigenvalue weighted by Crippen LogP contribution is -2.53. The van der Waals surface area contributed by atoms with Gasteiger partial charge in [0.25, 0.3) is 11.8 Å². The number of piperazine rings is 1. The van der Waals surface area contributed by atoms with E-state index in [1.807, 2.05) is 88.0 Å². The molecule has 2 saturated heterocycles. The van der Waals surface area contributed by atoms with Gasteiger partial charge in [-0.25, -0.2) is 9.69 Å². The third-order valence-electron chi connectivity index (χ3n) is 6.25. The first-order valence-corrected chi connectivity index (χ1v) is 11.8. The van der Waals surface area contributed by atoms with Gasteiger partial charge in [0.15, 0.2) is 5.54 Å². The molecule has 0 aliphatic carbocycles. The van der Waals surface area contributed by atoms with Gasteiger partial charge in [-0.15, -0.1) is 11.3 Å². The van der Waals surface area contributed by atoms with Crippen LogP contribution in [0.15, 0.2) is 78.2 Å². The van der Waals surface area contributed by atoms with E-state index in [1.165, 1.54) is 16.2 Å². The highest BCUT2D eigenvalue weighted by atomic mass is 32.1. The van der Waals surface area contributed by atoms with Crippen molar-refractivity contribution in [3.05, 3.63) is 94.2 Å². The Bertz CT molecular complexity index is 1100. The van der Waals surface area contributed by atoms with Gasteiger partial charge >= 0.3 is 6.03 Å². The maximum Gasteiger partial charge on any atom is 0.326 e. The summed E-state index contributed by atoms with van der Waals surface area (Å²) in [6.45, 7) is 2.49. The average Bonchev–Trinajstić information content (AvgIpc) is 3.49. The van der Waals surface area contributed by atoms with Gasteiger partial charge in [-0.3, -0.25) is 14.5 Å². The van der Waals surface area contributed by atoms with E-state index in [-0.39, 0.29) is 18.5 Å². The van der Waals surface area contributed by atoms with Crippen LogP contribution in [0.25, 0.3) is 0 Å². The zero-order valence-corrected chi connectivity index (χ0v) is 18.8. The van der Waals surface area contributed by atoms with Crippen LogP contribution in [0.3, 0.4) is 0 Å². The molecule has 5 rings (SSSR count). The van der Waals surface area contributed by atoms with Crippen LogP contribution in [0.4, 0.5) is 4.79 Å². The molecular formula is C25H24N4O3S. The van der Waals surface area contributed by atoms with Gasteiger partial charge in [-0.1, -0.05) is 66.7 Å². The van der Waals surface area contributed by atoms with E-state index >= 15 is 0 Å². The molecule has 2 aliphatic rings. The fourth-order valence-corrected chi connectivity index (χ4v) is 5.18. The van der Waals surface area contributed by atoms with E-state index < -0.39 is 11.6 Å². The fourth-order valence-electron chi connectivity index (χ4n) is 4.49. The van der Waals surface area contributed by atoms with Crippen molar-refractivity contribution in [2.24, 2.45) is 0 Å². The van der Waals surface area contributed by atoms with E-state index in [2.05, 4.69) is 5.32 Å². The number of rotatable bonds is 5. The highest BCUT2D eigenvalue weighted by Crippen LogP contribution is 2.36. The van der Waals surface area contributed by atoms with Crippen molar-refractivity contribution in [1.29, 1.82) is 0 Å². The summed E-state index contributed by atoms with van der Waals surface area (Å²) in [7, 11) is 0. The lowest BCUT2D eigenvalue weighted by atomic mass is 9.83. The molecule has 8 heteroatoms. The SMILES string of the molecule is O=C(c1cccs1)N1CCN(CN2C(=O)NC(c3ccccc3)(c3ccccc3)C2=O)CC1. The summed E-state index contributed by atoms with van der Waals surface area (Å²) in [5.41, 5.74) is 0.197. The number of carbonyl (C=O) groups excluding carboxylic acids is 3. The van der Waals surface area contributed by atoms with Crippen molar-refractivity contribution >= 4 is 29.2 Å². The molecule has 0 bridgehead atoms. The van der Waals surface area contributed by atoms with Crippen LogP contribution < -0.4 is 5.32 Å². The van der Waals surface area contributed by atoms with Gasteiger partial charge < -0.3 is 10.2 Å². The first-order chi connectivity index (χ1) is 16.1. The summed E-state index contributed by atoms with van der Waals surface area (Å²) in [4.78, 5) is 45.3. The first-order valence-electron chi connectivity index (χ1n) is 10.9. The Morgan fingerprint density at radius 1 is 0.848 bits per heavy atom. The molecule has 4 amide bonds. The van der Waals surface area contributed by atoms with Gasteiger partial charge in [-0.2, -0.15) is 0 Å². The third-order valence-corrected chi connectivity index (χ3v) is 7.11. The topological polar surface area (TPSA) is 73.0 Å². The van der Waals surface area contributed by atoms with Crippen LogP contribution in [0.5, 0.6) is 0 Å². The lowest BCUT2D eigenvalue weighted by molar-refractivity contribution is -0.132. The number of nitrogens with one attached hydrogen (secondary N) is 1. The molecule has 1 aromatic heterocycles. The van der Waals surface area contributed by atoms with Crippen LogP contribution in [0, 0.1) is 0 Å². The molecule has 0 atom stereocenters. The largest absolute Gasteiger partial charge is 0.335 e. The number of benzene rings is 2. The second-order valence-electron chi connectivity index (χ2n) is 8.17. The number of hydrogen-bond acceptors (Lipinski definition) is 5. The number of thiophene rings is 1. The second kappa shape index (κ2) is 8.80. The molecule has 0 radical (unpaired) electrons. The van der Waals surface area contributed by atoms with Crippen molar-refractivity contribution < 1.29 is 14.4 Å². The van der Waals surface area contributed by atoms with Crippen molar-refractivity contribution in [2.75, 3.05) is 32.8 Å². The van der Waals surface area contributed by atoms with Crippen molar-refractivity contribution in [3.8, 4) is 0 Å². The van der Waals surface area contributed by atoms with E-state index in [9.17, 15) is 14.4 Å². The molecule has 7 nitrogen and oxygen atoms in total. The maximum atomic E-state index is 13.8. The summed E-state index contributed by atoms with van der Waals surface area (Å²) in [6.07, 6.45) is 0. The molecule has 2 fully saturated rings. The Hall–Kier alpha value is -3.49. The Morgan fingerprint density at radius 3 is 2.00 bits per heavy atom. The van der Waals surface area contributed by atoms with Gasteiger partial charge in [0.05, 0.1) is 11.5 Å². The minimum Gasteiger partial charge on any atom is -0.335 e. The van der Waals surface area contributed by atoms with Gasteiger partial charge in [0.1, 0.15) is 0 Å². The van der Waals surface area contributed by atoms with Crippen molar-refractivity contribution in [2.45, 2.75) is 5.54 Å². The Kier molecular flexibility index (Phi) is 5.70. The number of imide groups is 1. The molecule has 168 valence electrons. The van der Waals surface area contributed by atoms with Crippen molar-refractivity contribution in [1.82, 2.24) is 20.0 Å². The van der Waals surface area contributed by atoms with Gasteiger partial charge in [-0.05, 0) is 22.6 Å². The van der Waals surface area contributed by atoms with Crippen LogP contribution >= 0.6 is 11.3 Å². The van der Waals surface area contributed by atoms with Gasteiger partial charge in [0.2, 0.25) is 0 Å².